The maximum atomic E-state index is 11.5. The summed E-state index contributed by atoms with van der Waals surface area (Å²) in [5.41, 5.74) is 2.19. The van der Waals surface area contributed by atoms with Crippen molar-refractivity contribution in [3.8, 4) is 0 Å². The van der Waals surface area contributed by atoms with Crippen molar-refractivity contribution in [2.24, 2.45) is 0 Å². The first-order valence-electron chi connectivity index (χ1n) is 5.11. The van der Waals surface area contributed by atoms with Gasteiger partial charge in [-0.1, -0.05) is 19.9 Å². The Morgan fingerprint density at radius 2 is 1.94 bits per heavy atom. The van der Waals surface area contributed by atoms with E-state index in [-0.39, 0.29) is 14.1 Å². The Morgan fingerprint density at radius 1 is 1.38 bits per heavy atom. The molecule has 0 heterocycles. The van der Waals surface area contributed by atoms with E-state index >= 15 is 0 Å². The van der Waals surface area contributed by atoms with Gasteiger partial charge in [0.05, 0.1) is 4.90 Å². The summed E-state index contributed by atoms with van der Waals surface area (Å²) in [6.07, 6.45) is 0.771. The van der Waals surface area contributed by atoms with Gasteiger partial charge < -0.3 is 0 Å². The molecule has 0 aliphatic rings. The number of aryl methyl sites for hydroxylation is 1. The molecular weight excluding hydrogens is 256 g/mol. The molecule has 1 aromatic rings. The van der Waals surface area contributed by atoms with Crippen molar-refractivity contribution in [3.05, 3.63) is 29.3 Å². The Kier molecular flexibility index (Phi) is 3.92. The minimum Gasteiger partial charge on any atom is -0.232 e. The SMILES string of the molecule is Cc1ccc(S(=O)(=O)[SiH3])cc1CC(C)(C)S. The van der Waals surface area contributed by atoms with E-state index in [0.29, 0.717) is 4.90 Å². The third-order valence-electron chi connectivity index (χ3n) is 2.37. The second-order valence-corrected chi connectivity index (χ2v) is 11.3. The first-order valence-corrected chi connectivity index (χ1v) is 9.90. The van der Waals surface area contributed by atoms with Gasteiger partial charge in [0, 0.05) is 4.75 Å². The fourth-order valence-corrected chi connectivity index (χ4v) is 3.14. The molecule has 0 radical (unpaired) electrons. The number of hydrogen-bond donors (Lipinski definition) is 1. The molecule has 16 heavy (non-hydrogen) atoms. The van der Waals surface area contributed by atoms with Gasteiger partial charge in [-0.2, -0.15) is 12.6 Å². The summed E-state index contributed by atoms with van der Waals surface area (Å²) in [5.74, 6) is 0. The van der Waals surface area contributed by atoms with E-state index in [4.69, 9.17) is 0 Å². The van der Waals surface area contributed by atoms with Crippen LogP contribution in [-0.4, -0.2) is 22.6 Å². The van der Waals surface area contributed by atoms with Gasteiger partial charge in [-0.05, 0) is 36.6 Å². The highest BCUT2D eigenvalue weighted by atomic mass is 32.4. The van der Waals surface area contributed by atoms with Gasteiger partial charge in [0.2, 0.25) is 0 Å². The first kappa shape index (κ1) is 13.8. The second kappa shape index (κ2) is 4.54. The molecule has 0 unspecified atom stereocenters. The molecule has 90 valence electrons. The molecule has 0 fully saturated rings. The van der Waals surface area contributed by atoms with Crippen molar-refractivity contribution >= 4 is 31.3 Å². The Hall–Kier alpha value is -0.263. The van der Waals surface area contributed by atoms with Crippen molar-refractivity contribution in [1.29, 1.82) is 0 Å². The summed E-state index contributed by atoms with van der Waals surface area (Å²) in [4.78, 5) is 0.442. The zero-order valence-corrected chi connectivity index (χ0v) is 13.8. The normalized spacial score (nSPS) is 13.0. The van der Waals surface area contributed by atoms with Crippen LogP contribution in [-0.2, 0) is 15.7 Å². The van der Waals surface area contributed by atoms with Crippen LogP contribution in [0.4, 0.5) is 0 Å². The number of hydrogen-bond acceptors (Lipinski definition) is 3. The zero-order chi connectivity index (χ0) is 12.6. The van der Waals surface area contributed by atoms with Gasteiger partial charge >= 0.3 is 0 Å². The highest BCUT2D eigenvalue weighted by molar-refractivity contribution is 8.12. The Labute approximate surface area is 106 Å². The monoisotopic (exact) mass is 274 g/mol. The van der Waals surface area contributed by atoms with Crippen LogP contribution in [0, 0.1) is 6.92 Å². The van der Waals surface area contributed by atoms with Crippen LogP contribution in [0.3, 0.4) is 0 Å². The quantitative estimate of drug-likeness (QED) is 0.666. The predicted molar refractivity (Wildman–Crippen MR) is 75.1 cm³/mol. The van der Waals surface area contributed by atoms with Crippen molar-refractivity contribution in [3.63, 3.8) is 0 Å². The number of thiol groups is 1. The maximum absolute atomic E-state index is 11.5. The molecule has 0 aliphatic carbocycles. The van der Waals surface area contributed by atoms with E-state index in [2.05, 4.69) is 12.6 Å². The molecule has 1 rings (SSSR count). The predicted octanol–water partition coefficient (Wildman–Crippen LogP) is 1.30. The molecule has 2 nitrogen and oxygen atoms in total. The van der Waals surface area contributed by atoms with E-state index in [9.17, 15) is 8.42 Å². The van der Waals surface area contributed by atoms with Gasteiger partial charge in [-0.25, -0.2) is 8.42 Å². The molecular formula is C11H18O2S2Si. The molecule has 5 heteroatoms. The largest absolute Gasteiger partial charge is 0.232 e. The summed E-state index contributed by atoms with van der Waals surface area (Å²) in [6.45, 7) is 6.05. The lowest BCUT2D eigenvalue weighted by molar-refractivity contribution is 0.609. The highest BCUT2D eigenvalue weighted by Crippen LogP contribution is 2.23. The topological polar surface area (TPSA) is 34.1 Å². The van der Waals surface area contributed by atoms with Crippen LogP contribution in [0.1, 0.15) is 25.0 Å². The maximum Gasteiger partial charge on any atom is 0.155 e. The van der Waals surface area contributed by atoms with Crippen LogP contribution >= 0.6 is 12.6 Å². The number of rotatable bonds is 3. The van der Waals surface area contributed by atoms with Crippen molar-refractivity contribution in [1.82, 2.24) is 0 Å². The van der Waals surface area contributed by atoms with E-state index in [1.807, 2.05) is 26.8 Å². The average molecular weight is 274 g/mol. The average Bonchev–Trinajstić information content (AvgIpc) is 2.04. The Bertz CT molecular complexity index is 487. The van der Waals surface area contributed by atoms with Crippen LogP contribution in [0.25, 0.3) is 0 Å². The summed E-state index contributed by atoms with van der Waals surface area (Å²) in [6, 6.07) is 5.35. The van der Waals surface area contributed by atoms with E-state index in [1.54, 1.807) is 12.1 Å². The van der Waals surface area contributed by atoms with Crippen molar-refractivity contribution in [2.45, 2.75) is 36.8 Å². The Balaban J connectivity index is 3.20. The molecule has 0 N–H and O–H groups in total. The summed E-state index contributed by atoms with van der Waals surface area (Å²) in [7, 11) is -2.83. The molecule has 0 aromatic heterocycles. The molecule has 0 saturated carbocycles. The standard InChI is InChI=1S/C11H18O2S2Si/c1-8-4-5-10(15(12,13)16)6-9(8)7-11(2,3)14/h4-6,14H,7H2,1-3,16H3. The fraction of sp³-hybridized carbons (Fsp3) is 0.455. The number of benzene rings is 1. The molecule has 0 saturated heterocycles. The Morgan fingerprint density at radius 3 is 2.38 bits per heavy atom. The van der Waals surface area contributed by atoms with Crippen LogP contribution in [0.2, 0.25) is 0 Å². The molecule has 0 bridgehead atoms. The molecule has 0 amide bonds. The molecule has 1 aromatic carbocycles. The van der Waals surface area contributed by atoms with Crippen molar-refractivity contribution < 1.29 is 8.42 Å². The van der Waals surface area contributed by atoms with Gasteiger partial charge in [-0.15, -0.1) is 0 Å². The highest BCUT2D eigenvalue weighted by Gasteiger charge is 2.16. The third-order valence-corrected chi connectivity index (χ3v) is 5.05. The minimum atomic E-state index is -2.98. The lowest BCUT2D eigenvalue weighted by Crippen LogP contribution is -2.15. The van der Waals surface area contributed by atoms with Crippen LogP contribution < -0.4 is 0 Å². The van der Waals surface area contributed by atoms with Gasteiger partial charge in [0.1, 0.15) is 9.29 Å². The van der Waals surface area contributed by atoms with Gasteiger partial charge in [0.15, 0.2) is 9.39 Å². The smallest absolute Gasteiger partial charge is 0.155 e. The third kappa shape index (κ3) is 3.96. The molecule has 0 spiro atoms. The zero-order valence-electron chi connectivity index (χ0n) is 10.1. The first-order chi connectivity index (χ1) is 7.09. The van der Waals surface area contributed by atoms with Crippen molar-refractivity contribution in [2.75, 3.05) is 0 Å². The summed E-state index contributed by atoms with van der Waals surface area (Å²) < 4.78 is 22.9. The minimum absolute atomic E-state index is 0.127. The lowest BCUT2D eigenvalue weighted by Gasteiger charge is -2.19. The van der Waals surface area contributed by atoms with E-state index in [1.165, 1.54) is 0 Å². The molecule has 0 aliphatic heterocycles. The lowest BCUT2D eigenvalue weighted by atomic mass is 9.98. The summed E-state index contributed by atoms with van der Waals surface area (Å²) in [5, 5.41) is 0. The van der Waals surface area contributed by atoms with Gasteiger partial charge in [0.25, 0.3) is 0 Å². The molecule has 0 atom stereocenters. The van der Waals surface area contributed by atoms with Crippen LogP contribution in [0.15, 0.2) is 23.1 Å². The fourth-order valence-electron chi connectivity index (χ4n) is 1.53. The van der Waals surface area contributed by atoms with Crippen LogP contribution in [0.5, 0.6) is 0 Å². The summed E-state index contributed by atoms with van der Waals surface area (Å²) >= 11 is 4.48. The van der Waals surface area contributed by atoms with E-state index in [0.717, 1.165) is 17.5 Å². The second-order valence-electron chi connectivity index (χ2n) is 4.85. The van der Waals surface area contributed by atoms with E-state index < -0.39 is 9.29 Å². The van der Waals surface area contributed by atoms with Gasteiger partial charge in [-0.3, -0.25) is 0 Å².